The fourth-order valence-electron chi connectivity index (χ4n) is 3.16. The van der Waals surface area contributed by atoms with Gasteiger partial charge in [-0.3, -0.25) is 0 Å². The Balaban J connectivity index is 2.75. The van der Waals surface area contributed by atoms with E-state index >= 15 is 0 Å². The molecule has 1 saturated heterocycles. The van der Waals surface area contributed by atoms with Gasteiger partial charge in [0, 0.05) is 6.61 Å². The molecule has 1 heterocycles. The van der Waals surface area contributed by atoms with Crippen LogP contribution in [0.3, 0.4) is 0 Å². The first-order valence-electron chi connectivity index (χ1n) is 10.5. The van der Waals surface area contributed by atoms with Crippen molar-refractivity contribution in [2.24, 2.45) is 0 Å². The molecule has 0 aromatic rings. The largest absolute Gasteiger partial charge is 0.489 e. The molecule has 1 fully saturated rings. The summed E-state index contributed by atoms with van der Waals surface area (Å²) in [5.74, 6) is 0. The van der Waals surface area contributed by atoms with E-state index in [9.17, 15) is 0 Å². The molecule has 1 atom stereocenters. The van der Waals surface area contributed by atoms with Gasteiger partial charge in [0.1, 0.15) is 0 Å². The molecule has 0 saturated carbocycles. The molecular formula is C21H45BO3Si2. The number of allylic oxidation sites excluding steroid dienone is 1. The zero-order valence-electron chi connectivity index (χ0n) is 20.2. The Labute approximate surface area is 171 Å². The van der Waals surface area contributed by atoms with E-state index in [1.165, 1.54) is 0 Å². The molecule has 0 aromatic carbocycles. The van der Waals surface area contributed by atoms with Gasteiger partial charge in [-0.05, 0) is 69.7 Å². The molecule has 158 valence electrons. The van der Waals surface area contributed by atoms with Crippen LogP contribution in [0.2, 0.25) is 43.3 Å². The first-order valence-corrected chi connectivity index (χ1v) is 17.0. The van der Waals surface area contributed by atoms with Gasteiger partial charge in [0.05, 0.1) is 19.3 Å². The van der Waals surface area contributed by atoms with E-state index in [0.717, 1.165) is 24.9 Å². The van der Waals surface area contributed by atoms with Crippen LogP contribution in [0.5, 0.6) is 0 Å². The molecule has 0 radical (unpaired) electrons. The van der Waals surface area contributed by atoms with Crippen molar-refractivity contribution in [2.75, 3.05) is 6.61 Å². The first-order chi connectivity index (χ1) is 11.8. The number of rotatable bonds is 8. The number of hydrogen-bond acceptors (Lipinski definition) is 3. The molecule has 27 heavy (non-hydrogen) atoms. The standard InChI is InChI=1S/C21H45BO3Si2/c1-17(22-24-20(5,6)21(7,8)25-22)18(26(9,10)11)15-14-16-23-27(12,13)19(2,3)4/h18H,1,14-16H2,2-13H3. The normalized spacial score (nSPS) is 21.4. The van der Waals surface area contributed by atoms with Crippen molar-refractivity contribution in [3.05, 3.63) is 12.1 Å². The van der Waals surface area contributed by atoms with Crippen molar-refractivity contribution in [1.29, 1.82) is 0 Å². The minimum Gasteiger partial charge on any atom is -0.417 e. The highest BCUT2D eigenvalue weighted by molar-refractivity contribution is 6.80. The lowest BCUT2D eigenvalue weighted by Crippen LogP contribution is -2.41. The summed E-state index contributed by atoms with van der Waals surface area (Å²) in [6.07, 6.45) is 2.17. The van der Waals surface area contributed by atoms with Gasteiger partial charge in [-0.25, -0.2) is 0 Å². The molecule has 1 rings (SSSR count). The van der Waals surface area contributed by atoms with Crippen molar-refractivity contribution in [3.8, 4) is 0 Å². The smallest absolute Gasteiger partial charge is 0.417 e. The fourth-order valence-corrected chi connectivity index (χ4v) is 6.57. The molecule has 1 aliphatic rings. The summed E-state index contributed by atoms with van der Waals surface area (Å²) in [6, 6.07) is 0. The quantitative estimate of drug-likeness (QED) is 0.328. The van der Waals surface area contributed by atoms with E-state index in [1.807, 2.05) is 0 Å². The monoisotopic (exact) mass is 412 g/mol. The predicted octanol–water partition coefficient (Wildman–Crippen LogP) is 6.68. The van der Waals surface area contributed by atoms with Crippen molar-refractivity contribution in [2.45, 2.75) is 116 Å². The minimum absolute atomic E-state index is 0.261. The van der Waals surface area contributed by atoms with E-state index in [0.29, 0.717) is 5.54 Å². The Morgan fingerprint density at radius 3 is 1.81 bits per heavy atom. The van der Waals surface area contributed by atoms with Crippen LogP contribution >= 0.6 is 0 Å². The summed E-state index contributed by atoms with van der Waals surface area (Å²) < 4.78 is 19.0. The summed E-state index contributed by atoms with van der Waals surface area (Å²) in [4.78, 5) is 0. The maximum atomic E-state index is 6.39. The summed E-state index contributed by atoms with van der Waals surface area (Å²) >= 11 is 0. The molecule has 6 heteroatoms. The van der Waals surface area contributed by atoms with Crippen LogP contribution in [-0.4, -0.2) is 41.3 Å². The molecule has 0 N–H and O–H groups in total. The highest BCUT2D eigenvalue weighted by Gasteiger charge is 2.53. The lowest BCUT2D eigenvalue weighted by atomic mass is 9.76. The van der Waals surface area contributed by atoms with Gasteiger partial charge in [0.15, 0.2) is 8.32 Å². The second-order valence-electron chi connectivity index (χ2n) is 11.8. The van der Waals surface area contributed by atoms with E-state index in [4.69, 9.17) is 13.7 Å². The number of hydrogen-bond donors (Lipinski definition) is 0. The summed E-state index contributed by atoms with van der Waals surface area (Å²) in [5.41, 5.74) is 0.974. The van der Waals surface area contributed by atoms with Gasteiger partial charge in [0.2, 0.25) is 0 Å². The summed E-state index contributed by atoms with van der Waals surface area (Å²) in [7, 11) is -3.42. The molecule has 0 amide bonds. The zero-order chi connectivity index (χ0) is 21.5. The second kappa shape index (κ2) is 8.10. The first kappa shape index (κ1) is 25.2. The molecule has 1 aliphatic heterocycles. The molecule has 0 aromatic heterocycles. The summed E-state index contributed by atoms with van der Waals surface area (Å²) in [6.45, 7) is 32.5. The van der Waals surface area contributed by atoms with E-state index in [-0.39, 0.29) is 23.4 Å². The van der Waals surface area contributed by atoms with E-state index in [1.54, 1.807) is 0 Å². The SMILES string of the molecule is C=C(B1OC(C)(C)C(C)(C)O1)C(CCCO[Si](C)(C)C(C)(C)C)[Si](C)(C)C. The molecule has 0 aliphatic carbocycles. The molecule has 3 nitrogen and oxygen atoms in total. The minimum atomic E-state index is -1.67. The highest BCUT2D eigenvalue weighted by atomic mass is 28.4. The highest BCUT2D eigenvalue weighted by Crippen LogP contribution is 2.43. The van der Waals surface area contributed by atoms with Gasteiger partial charge in [-0.15, -0.1) is 6.58 Å². The van der Waals surface area contributed by atoms with Crippen LogP contribution in [-0.2, 0) is 13.7 Å². The Morgan fingerprint density at radius 2 is 1.44 bits per heavy atom. The maximum absolute atomic E-state index is 6.39. The second-order valence-corrected chi connectivity index (χ2v) is 22.1. The molecule has 1 unspecified atom stereocenters. The van der Waals surface area contributed by atoms with Gasteiger partial charge >= 0.3 is 7.12 Å². The Kier molecular flexibility index (Phi) is 7.54. The predicted molar refractivity (Wildman–Crippen MR) is 125 cm³/mol. The van der Waals surface area contributed by atoms with Crippen LogP contribution in [0.4, 0.5) is 0 Å². The van der Waals surface area contributed by atoms with Crippen molar-refractivity contribution in [1.82, 2.24) is 0 Å². The van der Waals surface area contributed by atoms with Crippen LogP contribution in [0.1, 0.15) is 61.3 Å². The van der Waals surface area contributed by atoms with Gasteiger partial charge < -0.3 is 13.7 Å². The van der Waals surface area contributed by atoms with Crippen molar-refractivity contribution in [3.63, 3.8) is 0 Å². The van der Waals surface area contributed by atoms with Gasteiger partial charge in [-0.1, -0.05) is 40.4 Å². The van der Waals surface area contributed by atoms with Crippen molar-refractivity contribution >= 4 is 23.5 Å². The third-order valence-corrected chi connectivity index (χ3v) is 14.2. The average Bonchev–Trinajstić information content (AvgIpc) is 2.64. The van der Waals surface area contributed by atoms with Crippen molar-refractivity contribution < 1.29 is 13.7 Å². The lowest BCUT2D eigenvalue weighted by Gasteiger charge is -2.37. The molecular weight excluding hydrogens is 367 g/mol. The average molecular weight is 413 g/mol. The Morgan fingerprint density at radius 1 is 1.00 bits per heavy atom. The Hall–Kier alpha value is 0.119. The summed E-state index contributed by atoms with van der Waals surface area (Å²) in [5, 5.41) is 0.261. The van der Waals surface area contributed by atoms with Crippen LogP contribution in [0, 0.1) is 0 Å². The van der Waals surface area contributed by atoms with Crippen LogP contribution in [0.15, 0.2) is 12.1 Å². The lowest BCUT2D eigenvalue weighted by molar-refractivity contribution is 0.00578. The van der Waals surface area contributed by atoms with Crippen LogP contribution < -0.4 is 0 Å². The van der Waals surface area contributed by atoms with E-state index < -0.39 is 16.4 Å². The van der Waals surface area contributed by atoms with Gasteiger partial charge in [0.25, 0.3) is 0 Å². The fraction of sp³-hybridized carbons (Fsp3) is 0.905. The topological polar surface area (TPSA) is 27.7 Å². The third-order valence-electron chi connectivity index (χ3n) is 6.96. The molecule has 0 spiro atoms. The third kappa shape index (κ3) is 6.05. The van der Waals surface area contributed by atoms with E-state index in [2.05, 4.69) is 87.8 Å². The van der Waals surface area contributed by atoms with Gasteiger partial charge in [-0.2, -0.15) is 0 Å². The maximum Gasteiger partial charge on any atom is 0.489 e. The molecule has 0 bridgehead atoms. The zero-order valence-corrected chi connectivity index (χ0v) is 22.2. The van der Waals surface area contributed by atoms with Crippen LogP contribution in [0.25, 0.3) is 0 Å². The Bertz CT molecular complexity index is 515.